The fraction of sp³-hybridized carbons (Fsp3) is 0.419. The average Bonchev–Trinajstić information content (AvgIpc) is 3.99. The first-order valence-corrected chi connectivity index (χ1v) is 19.7. The Kier molecular flexibility index (Phi) is 9.71. The molecule has 13 nitrogen and oxygen atoms in total. The van der Waals surface area contributed by atoms with Gasteiger partial charge < -0.3 is 30.4 Å². The number of hydrogen-bond acceptors (Lipinski definition) is 7. The van der Waals surface area contributed by atoms with Crippen LogP contribution in [0.5, 0.6) is 0 Å². The molecule has 56 heavy (non-hydrogen) atoms. The second-order valence-electron chi connectivity index (χ2n) is 16.1. The lowest BCUT2D eigenvalue weighted by Gasteiger charge is -2.30. The smallest absolute Gasteiger partial charge is 0.246 e. The summed E-state index contributed by atoms with van der Waals surface area (Å²) in [5.41, 5.74) is 6.11. The summed E-state index contributed by atoms with van der Waals surface area (Å²) >= 11 is 0. The van der Waals surface area contributed by atoms with Crippen molar-refractivity contribution in [2.75, 3.05) is 13.1 Å². The molecule has 0 spiro atoms. The highest BCUT2D eigenvalue weighted by Crippen LogP contribution is 2.37. The van der Waals surface area contributed by atoms with Crippen LogP contribution in [-0.2, 0) is 19.2 Å². The van der Waals surface area contributed by atoms with Gasteiger partial charge in [-0.2, -0.15) is 0 Å². The van der Waals surface area contributed by atoms with E-state index in [2.05, 4.69) is 50.9 Å². The lowest BCUT2D eigenvalue weighted by atomic mass is 10.0. The first kappa shape index (κ1) is 37.1. The van der Waals surface area contributed by atoms with Crippen molar-refractivity contribution in [3.05, 3.63) is 66.2 Å². The number of carbonyl (C=O) groups is 4. The van der Waals surface area contributed by atoms with E-state index in [9.17, 15) is 19.2 Å². The van der Waals surface area contributed by atoms with Gasteiger partial charge in [-0.1, -0.05) is 45.9 Å². The maximum absolute atomic E-state index is 13.6. The van der Waals surface area contributed by atoms with Gasteiger partial charge in [-0.05, 0) is 79.3 Å². The van der Waals surface area contributed by atoms with Gasteiger partial charge in [0, 0.05) is 43.3 Å². The number of likely N-dealkylation sites (tertiary alicyclic amines) is 2. The van der Waals surface area contributed by atoms with Crippen LogP contribution in [0.2, 0.25) is 0 Å². The highest BCUT2D eigenvalue weighted by atomic mass is 16.2. The molecule has 0 bridgehead atoms. The molecule has 5 heterocycles. The molecule has 2 saturated heterocycles. The molecular formula is C43H49N9O4. The number of fused-ring (bicyclic) bond motifs is 6. The second kappa shape index (κ2) is 14.7. The fourth-order valence-electron chi connectivity index (χ4n) is 8.62. The van der Waals surface area contributed by atoms with Gasteiger partial charge >= 0.3 is 0 Å². The van der Waals surface area contributed by atoms with E-state index in [1.54, 1.807) is 0 Å². The third-order valence-electron chi connectivity index (χ3n) is 11.4. The van der Waals surface area contributed by atoms with Crippen LogP contribution in [-0.4, -0.2) is 83.5 Å². The SMILES string of the molecule is CC(=O)N[C@H](C(=O)N1CCC[C@H]1c1nc2ccc3cc(-c4ccc5c(ccc6nc([C@@H]7CCCN7C(=O)[C@@H](NC(C)=O)C(C)C)[nH]c65)n4)ccc3c2[nH]1)C(C)C. The standard InChI is InChI=1S/C43H49N9O4/c1-22(2)36(44-24(5)53)42(55)51-19-7-9-34(51)40-47-32-15-12-26-21-27(11-13-28(26)38(32)49-40)30-16-14-29-31(46-30)17-18-33-39(29)50-41(48-33)35-10-8-20-52(35)43(56)37(23(3)4)45-25(6)54/h11-18,21-23,34-37H,7-10,19-20H2,1-6H3,(H,44,53)(H,45,54)(H,47,49)(H,48,50)/t34-,35-,36-,37-/m0/s1. The molecule has 2 aliphatic heterocycles. The monoisotopic (exact) mass is 755 g/mol. The van der Waals surface area contributed by atoms with Gasteiger partial charge in [0.2, 0.25) is 23.6 Å². The number of imidazole rings is 2. The van der Waals surface area contributed by atoms with Crippen molar-refractivity contribution < 1.29 is 19.2 Å². The van der Waals surface area contributed by atoms with Crippen LogP contribution in [0.3, 0.4) is 0 Å². The van der Waals surface area contributed by atoms with Crippen molar-refractivity contribution in [2.24, 2.45) is 11.8 Å². The van der Waals surface area contributed by atoms with E-state index in [0.717, 1.165) is 92.3 Å². The van der Waals surface area contributed by atoms with Crippen molar-refractivity contribution >= 4 is 67.4 Å². The number of rotatable bonds is 9. The Bertz CT molecular complexity index is 2350. The second-order valence-corrected chi connectivity index (χ2v) is 16.1. The number of amides is 4. The Balaban J connectivity index is 1.06. The number of H-pyrrole nitrogens is 2. The van der Waals surface area contributed by atoms with Crippen molar-refractivity contribution in [2.45, 2.75) is 91.4 Å². The van der Waals surface area contributed by atoms with E-state index >= 15 is 0 Å². The molecule has 4 N–H and O–H groups in total. The number of aromatic amines is 2. The van der Waals surface area contributed by atoms with Crippen molar-refractivity contribution in [3.8, 4) is 11.3 Å². The molecule has 0 radical (unpaired) electrons. The quantitative estimate of drug-likeness (QED) is 0.131. The molecule has 0 saturated carbocycles. The van der Waals surface area contributed by atoms with E-state index in [1.807, 2.05) is 61.8 Å². The number of aromatic nitrogens is 5. The number of nitrogens with zero attached hydrogens (tertiary/aromatic N) is 5. The Hall–Kier alpha value is -5.85. The van der Waals surface area contributed by atoms with Gasteiger partial charge in [0.05, 0.1) is 45.4 Å². The summed E-state index contributed by atoms with van der Waals surface area (Å²) in [7, 11) is 0. The van der Waals surface area contributed by atoms with E-state index in [0.29, 0.717) is 13.1 Å². The predicted molar refractivity (Wildman–Crippen MR) is 216 cm³/mol. The first-order chi connectivity index (χ1) is 26.9. The average molecular weight is 756 g/mol. The van der Waals surface area contributed by atoms with Crippen LogP contribution >= 0.6 is 0 Å². The molecule has 3 aromatic carbocycles. The highest BCUT2D eigenvalue weighted by molar-refractivity contribution is 6.06. The molecule has 0 aliphatic carbocycles. The topological polar surface area (TPSA) is 169 Å². The zero-order valence-corrected chi connectivity index (χ0v) is 32.8. The van der Waals surface area contributed by atoms with Crippen LogP contribution in [0.4, 0.5) is 0 Å². The minimum atomic E-state index is -0.584. The minimum Gasteiger partial charge on any atom is -0.344 e. The summed E-state index contributed by atoms with van der Waals surface area (Å²) in [6.45, 7) is 11.9. The molecule has 2 aliphatic rings. The summed E-state index contributed by atoms with van der Waals surface area (Å²) < 4.78 is 0. The zero-order valence-electron chi connectivity index (χ0n) is 32.8. The number of hydrogen-bond donors (Lipinski definition) is 4. The number of benzene rings is 3. The van der Waals surface area contributed by atoms with Crippen molar-refractivity contribution in [3.63, 3.8) is 0 Å². The summed E-state index contributed by atoms with van der Waals surface area (Å²) in [6, 6.07) is 16.9. The molecule has 8 rings (SSSR count). The van der Waals surface area contributed by atoms with E-state index in [4.69, 9.17) is 15.0 Å². The third kappa shape index (κ3) is 6.73. The van der Waals surface area contributed by atoms with Gasteiger partial charge in [-0.15, -0.1) is 0 Å². The van der Waals surface area contributed by atoms with Crippen LogP contribution in [0.25, 0.3) is 55.0 Å². The van der Waals surface area contributed by atoms with Crippen LogP contribution in [0.1, 0.15) is 91.0 Å². The van der Waals surface area contributed by atoms with Crippen LogP contribution in [0, 0.1) is 11.8 Å². The van der Waals surface area contributed by atoms with Gasteiger partial charge in [-0.3, -0.25) is 19.2 Å². The number of pyridine rings is 1. The largest absolute Gasteiger partial charge is 0.344 e. The summed E-state index contributed by atoms with van der Waals surface area (Å²) in [5, 5.41) is 8.71. The van der Waals surface area contributed by atoms with Crippen molar-refractivity contribution in [1.29, 1.82) is 0 Å². The lowest BCUT2D eigenvalue weighted by molar-refractivity contribution is -0.138. The number of carbonyl (C=O) groups excluding carboxylic acids is 4. The lowest BCUT2D eigenvalue weighted by Crippen LogP contribution is -2.50. The molecule has 0 unspecified atom stereocenters. The maximum atomic E-state index is 13.6. The third-order valence-corrected chi connectivity index (χ3v) is 11.4. The van der Waals surface area contributed by atoms with Gasteiger partial charge in [0.1, 0.15) is 23.7 Å². The van der Waals surface area contributed by atoms with E-state index in [1.165, 1.54) is 13.8 Å². The van der Waals surface area contributed by atoms with Gasteiger partial charge in [0.25, 0.3) is 0 Å². The minimum absolute atomic E-state index is 0.0363. The Morgan fingerprint density at radius 3 is 1.68 bits per heavy atom. The molecular weight excluding hydrogens is 707 g/mol. The summed E-state index contributed by atoms with van der Waals surface area (Å²) in [5.74, 6) is 0.844. The zero-order chi connectivity index (χ0) is 39.4. The first-order valence-electron chi connectivity index (χ1n) is 19.7. The van der Waals surface area contributed by atoms with Crippen LogP contribution < -0.4 is 10.6 Å². The molecule has 13 heteroatoms. The normalized spacial score (nSPS) is 18.5. The fourth-order valence-corrected chi connectivity index (χ4v) is 8.62. The Morgan fingerprint density at radius 2 is 1.14 bits per heavy atom. The predicted octanol–water partition coefficient (Wildman–Crippen LogP) is 6.46. The molecule has 2 fully saturated rings. The van der Waals surface area contributed by atoms with E-state index < -0.39 is 12.1 Å². The van der Waals surface area contributed by atoms with Crippen molar-refractivity contribution in [1.82, 2.24) is 45.4 Å². The summed E-state index contributed by atoms with van der Waals surface area (Å²) in [4.78, 5) is 76.9. The van der Waals surface area contributed by atoms with E-state index in [-0.39, 0.29) is 47.5 Å². The number of nitrogens with one attached hydrogen (secondary N) is 4. The Labute approximate surface area is 325 Å². The molecule has 3 aromatic heterocycles. The van der Waals surface area contributed by atoms with Crippen LogP contribution in [0.15, 0.2) is 54.6 Å². The summed E-state index contributed by atoms with van der Waals surface area (Å²) in [6.07, 6.45) is 3.33. The molecule has 4 amide bonds. The van der Waals surface area contributed by atoms with Gasteiger partial charge in [0.15, 0.2) is 0 Å². The Morgan fingerprint density at radius 1 is 0.643 bits per heavy atom. The highest BCUT2D eigenvalue weighted by Gasteiger charge is 2.38. The maximum Gasteiger partial charge on any atom is 0.246 e. The molecule has 6 aromatic rings. The van der Waals surface area contributed by atoms with Gasteiger partial charge in [-0.25, -0.2) is 15.0 Å². The molecule has 290 valence electrons. The molecule has 4 atom stereocenters.